The van der Waals surface area contributed by atoms with E-state index in [1.54, 1.807) is 0 Å². The van der Waals surface area contributed by atoms with Crippen molar-refractivity contribution in [3.63, 3.8) is 0 Å². The number of hydrogen-bond acceptors (Lipinski definition) is 2. The van der Waals surface area contributed by atoms with Gasteiger partial charge in [0, 0.05) is 5.92 Å². The van der Waals surface area contributed by atoms with Crippen LogP contribution in [0, 0.1) is 29.6 Å². The van der Waals surface area contributed by atoms with Gasteiger partial charge < -0.3 is 0 Å². The second-order valence-corrected chi connectivity index (χ2v) is 5.57. The number of benzene rings is 1. The molecule has 1 fully saturated rings. The summed E-state index contributed by atoms with van der Waals surface area (Å²) in [6, 6.07) is 9.82. The summed E-state index contributed by atoms with van der Waals surface area (Å²) < 4.78 is 0. The Hall–Kier alpha value is -1.62. The Bertz CT molecular complexity index is 496. The molecule has 0 bridgehead atoms. The molecule has 0 amide bonds. The van der Waals surface area contributed by atoms with Gasteiger partial charge in [0.25, 0.3) is 0 Å². The van der Waals surface area contributed by atoms with E-state index in [4.69, 9.17) is 0 Å². The molecule has 17 heavy (non-hydrogen) atoms. The van der Waals surface area contributed by atoms with Crippen molar-refractivity contribution in [1.82, 2.24) is 0 Å². The topological polar surface area (TPSA) is 40.9 Å². The molecule has 2 rings (SSSR count). The lowest BCUT2D eigenvalue weighted by molar-refractivity contribution is -0.121. The number of carbonyl (C=O) groups is 1. The summed E-state index contributed by atoms with van der Waals surface area (Å²) in [6.45, 7) is 6.12. The van der Waals surface area contributed by atoms with Crippen LogP contribution in [-0.4, -0.2) is 5.78 Å². The van der Waals surface area contributed by atoms with Gasteiger partial charge in [-0.2, -0.15) is 5.26 Å². The van der Waals surface area contributed by atoms with Gasteiger partial charge in [0.05, 0.1) is 6.07 Å². The summed E-state index contributed by atoms with van der Waals surface area (Å²) in [6.07, 6.45) is 0.913. The van der Waals surface area contributed by atoms with E-state index in [0.29, 0.717) is 0 Å². The molecule has 1 aliphatic rings. The Labute approximate surface area is 102 Å². The predicted molar refractivity (Wildman–Crippen MR) is 66.4 cm³/mol. The number of Topliss-reactive ketones (excluding diaryl/α,β-unsaturated/α-hetero) is 1. The molecule has 0 radical (unpaired) electrons. The summed E-state index contributed by atoms with van der Waals surface area (Å²) in [7, 11) is 0. The molecule has 2 heteroatoms. The van der Waals surface area contributed by atoms with Gasteiger partial charge in [-0.1, -0.05) is 38.1 Å². The fraction of sp³-hybridized carbons (Fsp3) is 0.467. The molecule has 2 unspecified atom stereocenters. The van der Waals surface area contributed by atoms with E-state index >= 15 is 0 Å². The lowest BCUT2D eigenvalue weighted by atomic mass is 9.88. The third-order valence-electron chi connectivity index (χ3n) is 3.77. The highest BCUT2D eigenvalue weighted by atomic mass is 16.1. The van der Waals surface area contributed by atoms with Gasteiger partial charge in [-0.3, -0.25) is 4.79 Å². The molecule has 1 saturated carbocycles. The molecule has 2 atom stereocenters. The monoisotopic (exact) mass is 227 g/mol. The van der Waals surface area contributed by atoms with E-state index < -0.39 is 5.92 Å². The molecule has 0 heterocycles. The number of ketones is 1. The smallest absolute Gasteiger partial charge is 0.158 e. The van der Waals surface area contributed by atoms with Gasteiger partial charge in [0.15, 0.2) is 5.78 Å². The molecular formula is C15H17NO. The largest absolute Gasteiger partial charge is 0.298 e. The van der Waals surface area contributed by atoms with E-state index in [-0.39, 0.29) is 17.1 Å². The quantitative estimate of drug-likeness (QED) is 0.795. The van der Waals surface area contributed by atoms with E-state index in [1.807, 2.05) is 31.2 Å². The van der Waals surface area contributed by atoms with Crippen molar-refractivity contribution in [3.05, 3.63) is 35.4 Å². The van der Waals surface area contributed by atoms with Crippen LogP contribution < -0.4 is 0 Å². The first kappa shape index (κ1) is 11.9. The fourth-order valence-corrected chi connectivity index (χ4v) is 2.35. The number of carbonyl (C=O) groups excluding carboxylic acids is 1. The Balaban J connectivity index is 2.27. The van der Waals surface area contributed by atoms with Crippen LogP contribution in [0.5, 0.6) is 0 Å². The van der Waals surface area contributed by atoms with Gasteiger partial charge in [-0.05, 0) is 29.9 Å². The highest BCUT2D eigenvalue weighted by Gasteiger charge is 2.52. The van der Waals surface area contributed by atoms with Crippen molar-refractivity contribution in [2.75, 3.05) is 0 Å². The molecule has 1 aliphatic carbocycles. The van der Waals surface area contributed by atoms with E-state index in [0.717, 1.165) is 17.5 Å². The van der Waals surface area contributed by atoms with Crippen LogP contribution in [0.2, 0.25) is 0 Å². The zero-order valence-electron chi connectivity index (χ0n) is 10.5. The minimum absolute atomic E-state index is 0.0618. The highest BCUT2D eigenvalue weighted by Crippen LogP contribution is 2.53. The zero-order chi connectivity index (χ0) is 12.6. The van der Waals surface area contributed by atoms with Crippen LogP contribution in [0.3, 0.4) is 0 Å². The van der Waals surface area contributed by atoms with Gasteiger partial charge in [0.1, 0.15) is 5.92 Å². The first-order valence-electron chi connectivity index (χ1n) is 5.96. The van der Waals surface area contributed by atoms with E-state index in [2.05, 4.69) is 19.9 Å². The summed E-state index contributed by atoms with van der Waals surface area (Å²) in [5.41, 5.74) is 1.98. The molecule has 1 aromatic carbocycles. The van der Waals surface area contributed by atoms with Crippen molar-refractivity contribution in [2.45, 2.75) is 33.1 Å². The molecule has 0 aliphatic heterocycles. The Morgan fingerprint density at radius 2 is 2.06 bits per heavy atom. The number of aryl methyl sites for hydroxylation is 1. The van der Waals surface area contributed by atoms with Gasteiger partial charge in [0.2, 0.25) is 0 Å². The third kappa shape index (κ3) is 2.10. The number of hydrogen-bond donors (Lipinski definition) is 0. The average Bonchev–Trinajstić information content (AvgIpc) is 2.91. The van der Waals surface area contributed by atoms with Gasteiger partial charge in [-0.15, -0.1) is 0 Å². The van der Waals surface area contributed by atoms with Gasteiger partial charge in [-0.25, -0.2) is 0 Å². The molecule has 1 aromatic rings. The zero-order valence-corrected chi connectivity index (χ0v) is 10.5. The lowest BCUT2D eigenvalue weighted by Gasteiger charge is -2.12. The number of nitrogens with zero attached hydrogens (tertiary/aromatic N) is 1. The molecule has 0 spiro atoms. The molecule has 0 aromatic heterocycles. The van der Waals surface area contributed by atoms with Gasteiger partial charge >= 0.3 is 0 Å². The van der Waals surface area contributed by atoms with Crippen molar-refractivity contribution in [2.24, 2.45) is 11.3 Å². The summed E-state index contributed by atoms with van der Waals surface area (Å²) in [4.78, 5) is 12.3. The fourth-order valence-electron chi connectivity index (χ4n) is 2.35. The van der Waals surface area contributed by atoms with Crippen molar-refractivity contribution < 1.29 is 4.79 Å². The second kappa shape index (κ2) is 4.00. The summed E-state index contributed by atoms with van der Waals surface area (Å²) in [5.74, 6) is -0.443. The van der Waals surface area contributed by atoms with Crippen molar-refractivity contribution in [1.29, 1.82) is 5.26 Å². The lowest BCUT2D eigenvalue weighted by Crippen LogP contribution is -2.16. The second-order valence-electron chi connectivity index (χ2n) is 5.57. The van der Waals surface area contributed by atoms with Crippen molar-refractivity contribution in [3.8, 4) is 6.07 Å². The maximum Gasteiger partial charge on any atom is 0.158 e. The Morgan fingerprint density at radius 1 is 1.47 bits per heavy atom. The minimum atomic E-state index is -0.594. The number of nitriles is 1. The van der Waals surface area contributed by atoms with Crippen LogP contribution in [0.4, 0.5) is 0 Å². The third-order valence-corrected chi connectivity index (χ3v) is 3.77. The molecule has 88 valence electrons. The standard InChI is InChI=1S/C15H17NO/c1-10-6-4-5-7-11(10)12(9-16)14(17)13-8-15(13,2)3/h4-7,12-13H,8H2,1-3H3. The van der Waals surface area contributed by atoms with Crippen LogP contribution >= 0.6 is 0 Å². The molecule has 2 nitrogen and oxygen atoms in total. The van der Waals surface area contributed by atoms with E-state index in [1.165, 1.54) is 0 Å². The highest BCUT2D eigenvalue weighted by molar-refractivity contribution is 5.93. The van der Waals surface area contributed by atoms with Crippen LogP contribution in [-0.2, 0) is 4.79 Å². The SMILES string of the molecule is Cc1ccccc1C(C#N)C(=O)C1CC1(C)C. The first-order chi connectivity index (χ1) is 7.97. The first-order valence-corrected chi connectivity index (χ1v) is 5.96. The van der Waals surface area contributed by atoms with Crippen molar-refractivity contribution >= 4 is 5.78 Å². The summed E-state index contributed by atoms with van der Waals surface area (Å²) in [5, 5.41) is 9.25. The van der Waals surface area contributed by atoms with Crippen LogP contribution in [0.15, 0.2) is 24.3 Å². The van der Waals surface area contributed by atoms with E-state index in [9.17, 15) is 10.1 Å². The summed E-state index contributed by atoms with van der Waals surface area (Å²) >= 11 is 0. The molecule has 0 saturated heterocycles. The maximum atomic E-state index is 12.3. The minimum Gasteiger partial charge on any atom is -0.298 e. The average molecular weight is 227 g/mol. The number of rotatable bonds is 3. The Morgan fingerprint density at radius 3 is 2.53 bits per heavy atom. The Kier molecular flexibility index (Phi) is 2.79. The normalized spacial score (nSPS) is 22.6. The predicted octanol–water partition coefficient (Wildman–Crippen LogP) is 3.22. The van der Waals surface area contributed by atoms with Crippen LogP contribution in [0.1, 0.15) is 37.3 Å². The molecule has 0 N–H and O–H groups in total. The van der Waals surface area contributed by atoms with Crippen LogP contribution in [0.25, 0.3) is 0 Å². The molecular weight excluding hydrogens is 210 g/mol. The maximum absolute atomic E-state index is 12.3.